The molecule has 0 aliphatic rings. The number of nitrogens with two attached hydrogens (primary N) is 1. The number of rotatable bonds is 7. The molecule has 0 spiro atoms. The van der Waals surface area contributed by atoms with Gasteiger partial charge in [0, 0.05) is 34.4 Å². The van der Waals surface area contributed by atoms with Crippen LogP contribution in [0.15, 0.2) is 23.1 Å². The van der Waals surface area contributed by atoms with Gasteiger partial charge in [-0.2, -0.15) is 0 Å². The van der Waals surface area contributed by atoms with Crippen LogP contribution < -0.4 is 10.5 Å². The lowest BCUT2D eigenvalue weighted by Gasteiger charge is -2.11. The summed E-state index contributed by atoms with van der Waals surface area (Å²) in [4.78, 5) is 0.0258. The van der Waals surface area contributed by atoms with E-state index in [1.54, 1.807) is 19.2 Å². The normalized spacial score (nSPS) is 14.6. The lowest BCUT2D eigenvalue weighted by molar-refractivity contribution is 0.578. The fraction of sp³-hybridized carbons (Fsp3) is 0.417. The molecule has 0 bridgehead atoms. The standard InChI is InChI=1S/C12H17ClN2O3S3/c1-8(20(2)16)5-6-15-21(17,18)11-7-9(12(14)19)3-4-10(11)13/h3-4,7-8,15H,5-6H2,1-2H3,(H2,14,19). The van der Waals surface area contributed by atoms with E-state index < -0.39 is 20.8 Å². The molecule has 1 aromatic carbocycles. The summed E-state index contributed by atoms with van der Waals surface area (Å²) in [6, 6.07) is 4.34. The van der Waals surface area contributed by atoms with Gasteiger partial charge < -0.3 is 5.73 Å². The average molecular weight is 369 g/mol. The largest absolute Gasteiger partial charge is 0.389 e. The van der Waals surface area contributed by atoms with Crippen molar-refractivity contribution in [2.45, 2.75) is 23.5 Å². The summed E-state index contributed by atoms with van der Waals surface area (Å²) >= 11 is 10.7. The number of thiocarbonyl (C=S) groups is 1. The van der Waals surface area contributed by atoms with Crippen molar-refractivity contribution in [3.05, 3.63) is 28.8 Å². The number of benzene rings is 1. The third-order valence-electron chi connectivity index (χ3n) is 2.91. The minimum absolute atomic E-state index is 0.0697. The van der Waals surface area contributed by atoms with Gasteiger partial charge in [-0.3, -0.25) is 4.21 Å². The number of halogens is 1. The summed E-state index contributed by atoms with van der Waals surface area (Å²) < 4.78 is 38.1. The number of hydrogen-bond acceptors (Lipinski definition) is 4. The first kappa shape index (κ1) is 18.5. The lowest BCUT2D eigenvalue weighted by Crippen LogP contribution is -2.28. The molecule has 1 aromatic rings. The van der Waals surface area contributed by atoms with Gasteiger partial charge in [-0.05, 0) is 18.6 Å². The highest BCUT2D eigenvalue weighted by atomic mass is 35.5. The first-order valence-electron chi connectivity index (χ1n) is 6.06. The van der Waals surface area contributed by atoms with E-state index in [9.17, 15) is 12.6 Å². The second kappa shape index (κ2) is 7.64. The van der Waals surface area contributed by atoms with Gasteiger partial charge in [-0.25, -0.2) is 13.1 Å². The highest BCUT2D eigenvalue weighted by molar-refractivity contribution is 7.89. The summed E-state index contributed by atoms with van der Waals surface area (Å²) in [7, 11) is -4.76. The maximum atomic E-state index is 12.2. The molecule has 0 saturated carbocycles. The Morgan fingerprint density at radius 3 is 2.67 bits per heavy atom. The monoisotopic (exact) mass is 368 g/mol. The predicted octanol–water partition coefficient (Wildman–Crippen LogP) is 1.41. The molecule has 5 nitrogen and oxygen atoms in total. The van der Waals surface area contributed by atoms with Crippen molar-refractivity contribution in [3.8, 4) is 0 Å². The smallest absolute Gasteiger partial charge is 0.242 e. The minimum atomic E-state index is -3.76. The molecule has 9 heteroatoms. The molecule has 3 N–H and O–H groups in total. The van der Waals surface area contributed by atoms with Crippen LogP contribution in [0.3, 0.4) is 0 Å². The van der Waals surface area contributed by atoms with E-state index in [2.05, 4.69) is 4.72 Å². The summed E-state index contributed by atoms with van der Waals surface area (Å²) in [6.07, 6.45) is 2.05. The van der Waals surface area contributed by atoms with Crippen molar-refractivity contribution in [3.63, 3.8) is 0 Å². The zero-order valence-corrected chi connectivity index (χ0v) is 14.8. The van der Waals surface area contributed by atoms with Gasteiger partial charge in [0.25, 0.3) is 0 Å². The summed E-state index contributed by atoms with van der Waals surface area (Å²) in [6.45, 7) is 1.97. The maximum Gasteiger partial charge on any atom is 0.242 e. The van der Waals surface area contributed by atoms with Crippen LogP contribution in [0.4, 0.5) is 0 Å². The first-order chi connectivity index (χ1) is 9.65. The SMILES string of the molecule is CC(CCNS(=O)(=O)c1cc(C(N)=S)ccc1Cl)S(C)=O. The zero-order chi connectivity index (χ0) is 16.2. The molecule has 0 fully saturated rings. The molecule has 0 heterocycles. The topological polar surface area (TPSA) is 89.3 Å². The number of hydrogen-bond donors (Lipinski definition) is 2. The summed E-state index contributed by atoms with van der Waals surface area (Å²) in [5.41, 5.74) is 5.92. The van der Waals surface area contributed by atoms with Crippen molar-refractivity contribution in [1.29, 1.82) is 0 Å². The van der Waals surface area contributed by atoms with Gasteiger partial charge in [0.1, 0.15) is 9.88 Å². The maximum absolute atomic E-state index is 12.2. The Bertz CT molecular complexity index is 662. The molecule has 0 amide bonds. The van der Waals surface area contributed by atoms with Gasteiger partial charge >= 0.3 is 0 Å². The molecular formula is C12H17ClN2O3S3. The molecule has 2 atom stereocenters. The number of sulfonamides is 1. The molecule has 0 aliphatic carbocycles. The third kappa shape index (κ3) is 5.30. The van der Waals surface area contributed by atoms with E-state index in [1.165, 1.54) is 12.1 Å². The van der Waals surface area contributed by atoms with Crippen LogP contribution in [0.1, 0.15) is 18.9 Å². The molecule has 1 rings (SSSR count). The van der Waals surface area contributed by atoms with E-state index in [4.69, 9.17) is 29.6 Å². The average Bonchev–Trinajstić information content (AvgIpc) is 2.38. The van der Waals surface area contributed by atoms with Crippen LogP contribution in [0.2, 0.25) is 5.02 Å². The van der Waals surface area contributed by atoms with Gasteiger partial charge in [0.05, 0.1) is 5.02 Å². The predicted molar refractivity (Wildman–Crippen MR) is 90.7 cm³/mol. The Hall–Kier alpha value is -0.540. The Balaban J connectivity index is 2.90. The second-order valence-corrected chi connectivity index (χ2v) is 8.89. The summed E-state index contributed by atoms with van der Waals surface area (Å²) in [5, 5.41) is 0.000687. The van der Waals surface area contributed by atoms with Crippen LogP contribution in [-0.4, -0.2) is 35.7 Å². The lowest BCUT2D eigenvalue weighted by atomic mass is 10.2. The van der Waals surface area contributed by atoms with Crippen molar-refractivity contribution < 1.29 is 12.6 Å². The van der Waals surface area contributed by atoms with E-state index in [1.807, 2.05) is 0 Å². The Morgan fingerprint density at radius 1 is 1.52 bits per heavy atom. The van der Waals surface area contributed by atoms with Crippen LogP contribution in [0, 0.1) is 0 Å². The van der Waals surface area contributed by atoms with Crippen molar-refractivity contribution in [1.82, 2.24) is 4.72 Å². The van der Waals surface area contributed by atoms with E-state index in [0.717, 1.165) is 0 Å². The molecule has 0 radical (unpaired) electrons. The highest BCUT2D eigenvalue weighted by Gasteiger charge is 2.19. The molecule has 2 unspecified atom stereocenters. The van der Waals surface area contributed by atoms with Gasteiger partial charge in [0.2, 0.25) is 10.0 Å². The van der Waals surface area contributed by atoms with Crippen LogP contribution in [-0.2, 0) is 20.8 Å². The molecule has 21 heavy (non-hydrogen) atoms. The van der Waals surface area contributed by atoms with E-state index >= 15 is 0 Å². The highest BCUT2D eigenvalue weighted by Crippen LogP contribution is 2.22. The fourth-order valence-corrected chi connectivity index (χ4v) is 3.65. The number of nitrogens with one attached hydrogen (secondary N) is 1. The van der Waals surface area contributed by atoms with Crippen LogP contribution in [0.5, 0.6) is 0 Å². The van der Waals surface area contributed by atoms with Gasteiger partial charge in [-0.1, -0.05) is 36.8 Å². The van der Waals surface area contributed by atoms with Crippen molar-refractivity contribution >= 4 is 49.6 Å². The van der Waals surface area contributed by atoms with Crippen LogP contribution >= 0.6 is 23.8 Å². The molecular weight excluding hydrogens is 352 g/mol. The zero-order valence-electron chi connectivity index (χ0n) is 11.6. The molecule has 0 aromatic heterocycles. The molecule has 0 saturated heterocycles. The first-order valence-corrected chi connectivity index (χ1v) is 9.95. The van der Waals surface area contributed by atoms with Crippen molar-refractivity contribution in [2.75, 3.05) is 12.8 Å². The molecule has 0 aliphatic heterocycles. The van der Waals surface area contributed by atoms with Crippen molar-refractivity contribution in [2.24, 2.45) is 5.73 Å². The Kier molecular flexibility index (Phi) is 6.73. The second-order valence-electron chi connectivity index (χ2n) is 4.51. The van der Waals surface area contributed by atoms with Crippen LogP contribution in [0.25, 0.3) is 0 Å². The third-order valence-corrected chi connectivity index (χ3v) is 6.46. The fourth-order valence-electron chi connectivity index (χ4n) is 1.50. The van der Waals surface area contributed by atoms with Gasteiger partial charge in [-0.15, -0.1) is 0 Å². The van der Waals surface area contributed by atoms with Gasteiger partial charge in [0.15, 0.2) is 0 Å². The quantitative estimate of drug-likeness (QED) is 0.710. The minimum Gasteiger partial charge on any atom is -0.389 e. The molecule has 118 valence electrons. The van der Waals surface area contributed by atoms with E-state index in [0.29, 0.717) is 12.0 Å². The summed E-state index contributed by atoms with van der Waals surface area (Å²) in [5.74, 6) is 0. The Labute approximate surface area is 137 Å². The Morgan fingerprint density at radius 2 is 2.14 bits per heavy atom. The van der Waals surface area contributed by atoms with E-state index in [-0.39, 0.29) is 26.7 Å².